The van der Waals surface area contributed by atoms with E-state index < -0.39 is 0 Å². The van der Waals surface area contributed by atoms with Crippen LogP contribution in [0.1, 0.15) is 59.1 Å². The van der Waals surface area contributed by atoms with Crippen LogP contribution in [0.3, 0.4) is 0 Å². The fourth-order valence-corrected chi connectivity index (χ4v) is 10.4. The molecule has 12 rings (SSSR count). The van der Waals surface area contributed by atoms with E-state index in [-0.39, 0.29) is 17.5 Å². The van der Waals surface area contributed by atoms with Gasteiger partial charge in [0.15, 0.2) is 0 Å². The van der Waals surface area contributed by atoms with E-state index in [4.69, 9.17) is 18.0 Å². The van der Waals surface area contributed by atoms with Gasteiger partial charge in [-0.05, 0) is 118 Å². The molecule has 6 heterocycles. The molecule has 3 aliphatic rings. The van der Waals surface area contributed by atoms with E-state index in [1.54, 1.807) is 0 Å². The van der Waals surface area contributed by atoms with Gasteiger partial charge in [-0.25, -0.2) is 0 Å². The van der Waals surface area contributed by atoms with E-state index in [0.29, 0.717) is 12.2 Å². The van der Waals surface area contributed by atoms with Gasteiger partial charge in [0.25, 0.3) is 0 Å². The normalized spacial score (nSPS) is 16.3. The van der Waals surface area contributed by atoms with Crippen molar-refractivity contribution in [1.29, 1.82) is 0 Å². The lowest BCUT2D eigenvalue weighted by atomic mass is 9.37. The molecule has 3 aromatic heterocycles. The largest absolute Gasteiger partial charge is 0.470 e. The van der Waals surface area contributed by atoms with Crippen LogP contribution in [-0.4, -0.2) is 6.71 Å². The molecular formula is C60H51BN2O4. The summed E-state index contributed by atoms with van der Waals surface area (Å²) in [6, 6.07) is 45.5. The summed E-state index contributed by atoms with van der Waals surface area (Å²) in [6.45, 7) is 19.9. The zero-order chi connectivity index (χ0) is 45.9. The minimum Gasteiger partial charge on any atom is -0.470 e. The first-order valence-corrected chi connectivity index (χ1v) is 23.2. The molecule has 9 aromatic rings. The Bertz CT molecular complexity index is 3580. The number of aryl methyl sites for hydroxylation is 1. The minimum absolute atomic E-state index is 0.0854. The first kappa shape index (κ1) is 40.8. The van der Waals surface area contributed by atoms with Crippen LogP contribution < -0.4 is 20.9 Å². The van der Waals surface area contributed by atoms with E-state index in [0.717, 1.165) is 112 Å². The van der Waals surface area contributed by atoms with Crippen molar-refractivity contribution >= 4 is 79.2 Å². The van der Waals surface area contributed by atoms with Crippen LogP contribution in [0.4, 0.5) is 28.4 Å². The number of para-hydroxylation sites is 2. The van der Waals surface area contributed by atoms with Crippen LogP contribution >= 0.6 is 0 Å². The van der Waals surface area contributed by atoms with Gasteiger partial charge in [-0.3, -0.25) is 0 Å². The summed E-state index contributed by atoms with van der Waals surface area (Å²) in [7, 11) is 0. The van der Waals surface area contributed by atoms with Gasteiger partial charge in [-0.1, -0.05) is 127 Å². The van der Waals surface area contributed by atoms with Crippen molar-refractivity contribution < 1.29 is 18.0 Å². The SMILES string of the molecule is C=C1/C=C\C(C(C)(C)C)=C/CC2=C(O1)B1c3oc4ccc(C(C)(C)C)cc4c3N(c3ccc(-c4coc5ccccc45)cc3)c3cc(C)cc(c31)N2c1ccc(-c2coc3ccccc23)cc1. The molecule has 0 amide bonds. The second-order valence-corrected chi connectivity index (χ2v) is 20.3. The van der Waals surface area contributed by atoms with Crippen LogP contribution in [-0.2, 0) is 10.2 Å². The standard InChI is InChI=1S/C60H51BN2O4/c1-36-31-50-55-51(32-36)63(43-27-20-39(21-28-43)48-35-65-53-16-12-10-14-45(48)53)56-46-33-41(60(6,7)8)24-30-54(46)67-58(56)61(55)57-49(29-23-40(59(3,4)5)22-17-37(2)66-57)62(50)42-25-18-38(19-26-42)47-34-64-52-15-11-9-13-44(47)52/h9-28,30-35H,2,29H2,1,3-8H3/b22-17-,40-23+. The quantitative estimate of drug-likeness (QED) is 0.164. The summed E-state index contributed by atoms with van der Waals surface area (Å²) < 4.78 is 26.4. The van der Waals surface area contributed by atoms with Crippen LogP contribution in [0.15, 0.2) is 201 Å². The molecule has 0 aliphatic carbocycles. The van der Waals surface area contributed by atoms with Crippen molar-refractivity contribution in [2.24, 2.45) is 5.41 Å². The third-order valence-corrected chi connectivity index (χ3v) is 13.8. The topological polar surface area (TPSA) is 55.1 Å². The first-order chi connectivity index (χ1) is 32.3. The van der Waals surface area contributed by atoms with Gasteiger partial charge in [-0.2, -0.15) is 0 Å². The van der Waals surface area contributed by atoms with Gasteiger partial charge in [-0.15, -0.1) is 0 Å². The van der Waals surface area contributed by atoms with Gasteiger partial charge in [0, 0.05) is 56.5 Å². The number of benzene rings is 6. The lowest BCUT2D eigenvalue weighted by Crippen LogP contribution is -2.56. The van der Waals surface area contributed by atoms with E-state index in [9.17, 15) is 0 Å². The van der Waals surface area contributed by atoms with Gasteiger partial charge < -0.3 is 27.8 Å². The van der Waals surface area contributed by atoms with Gasteiger partial charge in [0.1, 0.15) is 28.2 Å². The highest BCUT2D eigenvalue weighted by atomic mass is 16.5. The molecule has 0 spiro atoms. The molecule has 0 radical (unpaired) electrons. The molecule has 3 aliphatic heterocycles. The second kappa shape index (κ2) is 14.9. The monoisotopic (exact) mass is 874 g/mol. The predicted molar refractivity (Wildman–Crippen MR) is 277 cm³/mol. The molecule has 0 N–H and O–H groups in total. The third-order valence-electron chi connectivity index (χ3n) is 13.8. The Hall–Kier alpha value is -7.64. The summed E-state index contributed by atoms with van der Waals surface area (Å²) in [6.07, 6.45) is 10.9. The molecule has 0 fully saturated rings. The number of hydrogen-bond acceptors (Lipinski definition) is 6. The Morgan fingerprint density at radius 3 is 1.78 bits per heavy atom. The molecule has 0 saturated carbocycles. The van der Waals surface area contributed by atoms with Crippen LogP contribution in [0.25, 0.3) is 55.2 Å². The summed E-state index contributed by atoms with van der Waals surface area (Å²) in [5, 5.41) is 3.24. The summed E-state index contributed by atoms with van der Waals surface area (Å²) in [4.78, 5) is 4.84. The number of rotatable bonds is 4. The number of ether oxygens (including phenoxy) is 1. The average molecular weight is 875 g/mol. The highest BCUT2D eigenvalue weighted by molar-refractivity contribution is 6.94. The number of anilines is 5. The van der Waals surface area contributed by atoms with Crippen molar-refractivity contribution in [3.8, 4) is 22.3 Å². The van der Waals surface area contributed by atoms with E-state index in [1.807, 2.05) is 42.9 Å². The fraction of sp³-hybridized carbons (Fsp3) is 0.167. The Morgan fingerprint density at radius 1 is 0.597 bits per heavy atom. The Labute approximate surface area is 391 Å². The number of furan rings is 3. The van der Waals surface area contributed by atoms with Crippen molar-refractivity contribution in [3.05, 3.63) is 199 Å². The smallest absolute Gasteiger partial charge is 0.341 e. The molecule has 0 atom stereocenters. The maximum absolute atomic E-state index is 7.26. The van der Waals surface area contributed by atoms with Crippen molar-refractivity contribution in [1.82, 2.24) is 0 Å². The predicted octanol–water partition coefficient (Wildman–Crippen LogP) is 15.6. The average Bonchev–Trinajstić information content (AvgIpc) is 4.06. The van der Waals surface area contributed by atoms with E-state index in [2.05, 4.69) is 180 Å². The fourth-order valence-electron chi connectivity index (χ4n) is 10.4. The highest BCUT2D eigenvalue weighted by Crippen LogP contribution is 2.50. The number of nitrogens with zero attached hydrogens (tertiary/aromatic N) is 2. The Kier molecular flexibility index (Phi) is 9.11. The van der Waals surface area contributed by atoms with Crippen LogP contribution in [0, 0.1) is 12.3 Å². The van der Waals surface area contributed by atoms with Crippen molar-refractivity contribution in [3.63, 3.8) is 0 Å². The molecule has 0 unspecified atom stereocenters. The number of hydrogen-bond donors (Lipinski definition) is 0. The minimum atomic E-state index is -0.378. The van der Waals surface area contributed by atoms with Gasteiger partial charge in [0.05, 0.1) is 29.6 Å². The number of allylic oxidation sites excluding steroid dienone is 4. The lowest BCUT2D eigenvalue weighted by Gasteiger charge is -2.43. The van der Waals surface area contributed by atoms with Crippen molar-refractivity contribution in [2.45, 2.75) is 60.3 Å². The van der Waals surface area contributed by atoms with Crippen LogP contribution in [0.5, 0.6) is 0 Å². The zero-order valence-corrected chi connectivity index (χ0v) is 39.0. The maximum atomic E-state index is 7.26. The molecule has 67 heavy (non-hydrogen) atoms. The first-order valence-electron chi connectivity index (χ1n) is 23.2. The molecule has 7 heteroatoms. The Balaban J connectivity index is 1.11. The molecule has 328 valence electrons. The van der Waals surface area contributed by atoms with Gasteiger partial charge >= 0.3 is 6.71 Å². The molecule has 6 nitrogen and oxygen atoms in total. The zero-order valence-electron chi connectivity index (χ0n) is 39.0. The molecule has 6 aromatic carbocycles. The van der Waals surface area contributed by atoms with Gasteiger partial charge in [0.2, 0.25) is 0 Å². The maximum Gasteiger partial charge on any atom is 0.341 e. The van der Waals surface area contributed by atoms with E-state index in [1.165, 1.54) is 11.1 Å². The number of fused-ring (bicyclic) bond motifs is 7. The molecular weight excluding hydrogens is 823 g/mol. The van der Waals surface area contributed by atoms with Crippen molar-refractivity contribution in [2.75, 3.05) is 9.80 Å². The summed E-state index contributed by atoms with van der Waals surface area (Å²) >= 11 is 0. The van der Waals surface area contributed by atoms with Crippen LogP contribution in [0.2, 0.25) is 0 Å². The molecule has 0 bridgehead atoms. The highest BCUT2D eigenvalue weighted by Gasteiger charge is 2.49. The second-order valence-electron chi connectivity index (χ2n) is 20.3. The third kappa shape index (κ3) is 6.62. The summed E-state index contributed by atoms with van der Waals surface area (Å²) in [5.41, 5.74) is 19.3. The summed E-state index contributed by atoms with van der Waals surface area (Å²) in [5.74, 6) is 0.571. The van der Waals surface area contributed by atoms with E-state index >= 15 is 0 Å². The molecule has 0 saturated heterocycles. The Morgan fingerprint density at radius 2 is 1.18 bits per heavy atom. The lowest BCUT2D eigenvalue weighted by molar-refractivity contribution is 0.344.